The third kappa shape index (κ3) is 4.90. The topological polar surface area (TPSA) is 42.9 Å². The van der Waals surface area contributed by atoms with Crippen molar-refractivity contribution in [3.05, 3.63) is 29.3 Å². The van der Waals surface area contributed by atoms with E-state index >= 15 is 0 Å². The van der Waals surface area contributed by atoms with Gasteiger partial charge in [0.25, 0.3) is 0 Å². The Bertz CT molecular complexity index is 595. The lowest BCUT2D eigenvalue weighted by Gasteiger charge is -2.47. The summed E-state index contributed by atoms with van der Waals surface area (Å²) in [5, 5.41) is 6.94. The van der Waals surface area contributed by atoms with Crippen LogP contribution >= 0.6 is 11.8 Å². The molecule has 1 atom stereocenters. The number of thioether (sulfide) groups is 1. The van der Waals surface area contributed by atoms with Crippen LogP contribution in [0.3, 0.4) is 0 Å². The molecule has 3 heterocycles. The van der Waals surface area contributed by atoms with E-state index < -0.39 is 0 Å². The van der Waals surface area contributed by atoms with Crippen LogP contribution in [0.4, 0.5) is 0 Å². The van der Waals surface area contributed by atoms with Gasteiger partial charge < -0.3 is 10.6 Å². The maximum absolute atomic E-state index is 4.82. The molecule has 0 radical (unpaired) electrons. The second kappa shape index (κ2) is 8.92. The standard InChI is InChI=1S/C19H31N5S/c1-4-20-19(21-12-16-6-5-15(2)11-18(16)25-3)22-13-17-14-23-7-9-24(17)10-8-23/h5-6,11,17H,4,7-10,12-14H2,1-3H3,(H2,20,21,22). The molecule has 1 aromatic rings. The predicted octanol–water partition coefficient (Wildman–Crippen LogP) is 1.77. The van der Waals surface area contributed by atoms with Gasteiger partial charge in [-0.2, -0.15) is 0 Å². The van der Waals surface area contributed by atoms with Crippen molar-refractivity contribution < 1.29 is 0 Å². The Labute approximate surface area is 156 Å². The van der Waals surface area contributed by atoms with Crippen LogP contribution in [0, 0.1) is 6.92 Å². The van der Waals surface area contributed by atoms with Crippen LogP contribution in [0.15, 0.2) is 28.1 Å². The summed E-state index contributed by atoms with van der Waals surface area (Å²) in [5.41, 5.74) is 2.60. The average Bonchev–Trinajstić information content (AvgIpc) is 2.65. The summed E-state index contributed by atoms with van der Waals surface area (Å²) in [4.78, 5) is 11.3. The zero-order valence-corrected chi connectivity index (χ0v) is 16.5. The third-order valence-electron chi connectivity index (χ3n) is 5.09. The molecule has 0 amide bonds. The Balaban J connectivity index is 1.59. The second-order valence-electron chi connectivity index (χ2n) is 6.88. The molecule has 138 valence electrons. The lowest BCUT2D eigenvalue weighted by molar-refractivity contribution is 0.0154. The molecule has 3 saturated heterocycles. The first-order valence-electron chi connectivity index (χ1n) is 9.31. The Morgan fingerprint density at radius 1 is 1.24 bits per heavy atom. The summed E-state index contributed by atoms with van der Waals surface area (Å²) in [5.74, 6) is 0.924. The van der Waals surface area contributed by atoms with Gasteiger partial charge >= 0.3 is 0 Å². The van der Waals surface area contributed by atoms with Crippen LogP contribution in [0.1, 0.15) is 18.1 Å². The summed E-state index contributed by atoms with van der Waals surface area (Å²) in [7, 11) is 0. The van der Waals surface area contributed by atoms with Gasteiger partial charge in [0.1, 0.15) is 0 Å². The third-order valence-corrected chi connectivity index (χ3v) is 5.91. The summed E-state index contributed by atoms with van der Waals surface area (Å²) < 4.78 is 0. The monoisotopic (exact) mass is 361 g/mol. The number of hydrogen-bond donors (Lipinski definition) is 2. The van der Waals surface area contributed by atoms with Gasteiger partial charge in [-0.05, 0) is 37.3 Å². The Hall–Kier alpha value is -1.24. The molecule has 1 unspecified atom stereocenters. The number of nitrogens with zero attached hydrogens (tertiary/aromatic N) is 3. The van der Waals surface area contributed by atoms with E-state index in [9.17, 15) is 0 Å². The van der Waals surface area contributed by atoms with Gasteiger partial charge in [0, 0.05) is 56.8 Å². The smallest absolute Gasteiger partial charge is 0.191 e. The number of nitrogens with one attached hydrogen (secondary N) is 2. The molecule has 1 aromatic carbocycles. The van der Waals surface area contributed by atoms with E-state index in [1.54, 1.807) is 11.8 Å². The quantitative estimate of drug-likeness (QED) is 0.459. The fourth-order valence-electron chi connectivity index (χ4n) is 3.62. The molecule has 0 aromatic heterocycles. The molecule has 3 aliphatic rings. The van der Waals surface area contributed by atoms with Crippen molar-refractivity contribution in [3.63, 3.8) is 0 Å². The average molecular weight is 362 g/mol. The predicted molar refractivity (Wildman–Crippen MR) is 108 cm³/mol. The van der Waals surface area contributed by atoms with Gasteiger partial charge in [0.2, 0.25) is 0 Å². The normalized spacial score (nSPS) is 25.9. The highest BCUT2D eigenvalue weighted by atomic mass is 32.2. The number of hydrogen-bond acceptors (Lipinski definition) is 4. The molecular formula is C19H31N5S. The molecule has 0 spiro atoms. The largest absolute Gasteiger partial charge is 0.357 e. The van der Waals surface area contributed by atoms with Crippen molar-refractivity contribution in [2.24, 2.45) is 4.99 Å². The summed E-state index contributed by atoms with van der Waals surface area (Å²) >= 11 is 1.80. The summed E-state index contributed by atoms with van der Waals surface area (Å²) in [6.45, 7) is 12.9. The van der Waals surface area contributed by atoms with Crippen molar-refractivity contribution in [2.75, 3.05) is 52.1 Å². The van der Waals surface area contributed by atoms with Gasteiger partial charge in [0.15, 0.2) is 5.96 Å². The minimum atomic E-state index is 0.604. The first kappa shape index (κ1) is 18.5. The van der Waals surface area contributed by atoms with E-state index in [0.717, 1.165) is 19.0 Å². The van der Waals surface area contributed by atoms with E-state index in [1.165, 1.54) is 48.7 Å². The van der Waals surface area contributed by atoms with Crippen molar-refractivity contribution in [1.29, 1.82) is 0 Å². The fraction of sp³-hybridized carbons (Fsp3) is 0.632. The second-order valence-corrected chi connectivity index (χ2v) is 7.73. The Morgan fingerprint density at radius 2 is 2.04 bits per heavy atom. The zero-order valence-electron chi connectivity index (χ0n) is 15.7. The van der Waals surface area contributed by atoms with Crippen molar-refractivity contribution in [3.8, 4) is 0 Å². The molecule has 6 heteroatoms. The molecule has 0 saturated carbocycles. The number of guanidine groups is 1. The highest BCUT2D eigenvalue weighted by molar-refractivity contribution is 7.98. The van der Waals surface area contributed by atoms with Crippen LogP contribution in [0.5, 0.6) is 0 Å². The summed E-state index contributed by atoms with van der Waals surface area (Å²) in [6.07, 6.45) is 2.13. The molecule has 25 heavy (non-hydrogen) atoms. The molecule has 2 bridgehead atoms. The van der Waals surface area contributed by atoms with E-state index in [1.807, 2.05) is 0 Å². The number of fused-ring (bicyclic) bond motifs is 3. The SMILES string of the molecule is CCNC(=NCc1ccc(C)cc1SC)NCC1CN2CCN1CC2. The lowest BCUT2D eigenvalue weighted by Crippen LogP contribution is -2.63. The summed E-state index contributed by atoms with van der Waals surface area (Å²) in [6, 6.07) is 7.22. The highest BCUT2D eigenvalue weighted by Gasteiger charge is 2.31. The molecule has 0 aliphatic carbocycles. The van der Waals surface area contributed by atoms with E-state index in [4.69, 9.17) is 4.99 Å². The highest BCUT2D eigenvalue weighted by Crippen LogP contribution is 2.22. The molecular weight excluding hydrogens is 330 g/mol. The molecule has 3 aliphatic heterocycles. The lowest BCUT2D eigenvalue weighted by atomic mass is 10.1. The van der Waals surface area contributed by atoms with Crippen molar-refractivity contribution >= 4 is 17.7 Å². The number of benzene rings is 1. The van der Waals surface area contributed by atoms with Crippen LogP contribution in [0.25, 0.3) is 0 Å². The minimum Gasteiger partial charge on any atom is -0.357 e. The maximum Gasteiger partial charge on any atom is 0.191 e. The van der Waals surface area contributed by atoms with E-state index in [0.29, 0.717) is 12.6 Å². The number of aryl methyl sites for hydroxylation is 1. The minimum absolute atomic E-state index is 0.604. The van der Waals surface area contributed by atoms with Crippen molar-refractivity contribution in [2.45, 2.75) is 31.3 Å². The number of piperazine rings is 3. The van der Waals surface area contributed by atoms with Gasteiger partial charge in [0.05, 0.1) is 6.54 Å². The molecule has 3 fully saturated rings. The molecule has 5 nitrogen and oxygen atoms in total. The van der Waals surface area contributed by atoms with Gasteiger partial charge in [-0.15, -0.1) is 11.8 Å². The first-order chi connectivity index (χ1) is 12.2. The van der Waals surface area contributed by atoms with Crippen LogP contribution < -0.4 is 10.6 Å². The zero-order chi connectivity index (χ0) is 17.6. The van der Waals surface area contributed by atoms with Crippen LogP contribution in [0.2, 0.25) is 0 Å². The van der Waals surface area contributed by atoms with E-state index in [-0.39, 0.29) is 0 Å². The van der Waals surface area contributed by atoms with Gasteiger partial charge in [-0.1, -0.05) is 12.1 Å². The van der Waals surface area contributed by atoms with Gasteiger partial charge in [-0.25, -0.2) is 4.99 Å². The first-order valence-corrected chi connectivity index (χ1v) is 10.5. The van der Waals surface area contributed by atoms with Gasteiger partial charge in [-0.3, -0.25) is 9.80 Å². The maximum atomic E-state index is 4.82. The molecule has 4 rings (SSSR count). The fourth-order valence-corrected chi connectivity index (χ4v) is 4.32. The Morgan fingerprint density at radius 3 is 2.68 bits per heavy atom. The molecule has 2 N–H and O–H groups in total. The number of rotatable bonds is 6. The van der Waals surface area contributed by atoms with Crippen LogP contribution in [-0.2, 0) is 6.54 Å². The number of aliphatic imine (C=N–C) groups is 1. The van der Waals surface area contributed by atoms with Crippen molar-refractivity contribution in [1.82, 2.24) is 20.4 Å². The Kier molecular flexibility index (Phi) is 6.62. The van der Waals surface area contributed by atoms with E-state index in [2.05, 4.69) is 58.7 Å². The van der Waals surface area contributed by atoms with Crippen LogP contribution in [-0.4, -0.2) is 73.9 Å².